The van der Waals surface area contributed by atoms with Gasteiger partial charge in [-0.2, -0.15) is 0 Å². The Labute approximate surface area is 151 Å². The predicted octanol–water partition coefficient (Wildman–Crippen LogP) is 6.18. The molecule has 2 heteroatoms. The van der Waals surface area contributed by atoms with E-state index in [-0.39, 0.29) is 5.41 Å². The van der Waals surface area contributed by atoms with E-state index in [0.29, 0.717) is 0 Å². The van der Waals surface area contributed by atoms with Crippen LogP contribution in [0, 0.1) is 0 Å². The fourth-order valence-electron chi connectivity index (χ4n) is 4.98. The summed E-state index contributed by atoms with van der Waals surface area (Å²) in [6.45, 7) is 4.66. The summed E-state index contributed by atoms with van der Waals surface area (Å²) >= 11 is 0. The van der Waals surface area contributed by atoms with Gasteiger partial charge in [0.15, 0.2) is 0 Å². The molecule has 0 spiro atoms. The molecule has 0 saturated heterocycles. The molecule has 2 heterocycles. The van der Waals surface area contributed by atoms with E-state index < -0.39 is 0 Å². The molecule has 0 aliphatic heterocycles. The summed E-state index contributed by atoms with van der Waals surface area (Å²) in [5.41, 5.74) is 7.87. The Morgan fingerprint density at radius 3 is 2.58 bits per heavy atom. The zero-order chi connectivity index (χ0) is 17.5. The van der Waals surface area contributed by atoms with Crippen LogP contribution in [0.15, 0.2) is 67.0 Å². The molecule has 1 aliphatic rings. The number of rotatable bonds is 0. The highest BCUT2D eigenvalue weighted by atomic mass is 14.7. The highest BCUT2D eigenvalue weighted by molar-refractivity contribution is 6.26. The molecular formula is C24H18N2. The maximum atomic E-state index is 4.48. The molecule has 3 aromatic carbocycles. The van der Waals surface area contributed by atoms with Crippen molar-refractivity contribution >= 4 is 32.6 Å². The standard InChI is InChI=1S/C24H18N2/c1-24(2)18-9-5-3-7-15(18)21-22(24)17-13-25-12-11-14(17)20-16-8-4-6-10-19(16)26-23(20)21/h3-13,26H,1-2H3. The molecule has 26 heavy (non-hydrogen) atoms. The van der Waals surface area contributed by atoms with Crippen molar-refractivity contribution in [2.24, 2.45) is 0 Å². The Morgan fingerprint density at radius 2 is 1.65 bits per heavy atom. The SMILES string of the molecule is CC1(C)c2ccccc2-c2c1c1cnccc1c1c2[nH]c2ccccc21. The van der Waals surface area contributed by atoms with E-state index in [1.165, 1.54) is 54.8 Å². The van der Waals surface area contributed by atoms with Crippen LogP contribution in [-0.2, 0) is 5.41 Å². The van der Waals surface area contributed by atoms with E-state index in [1.807, 2.05) is 12.4 Å². The van der Waals surface area contributed by atoms with Crippen LogP contribution in [-0.4, -0.2) is 9.97 Å². The lowest BCUT2D eigenvalue weighted by Crippen LogP contribution is -2.15. The molecule has 0 saturated carbocycles. The molecular weight excluding hydrogens is 316 g/mol. The molecule has 0 radical (unpaired) electrons. The third-order valence-corrected chi connectivity index (χ3v) is 6.06. The molecule has 0 bridgehead atoms. The van der Waals surface area contributed by atoms with Crippen LogP contribution >= 0.6 is 0 Å². The van der Waals surface area contributed by atoms with Gasteiger partial charge in [-0.3, -0.25) is 4.98 Å². The number of fused-ring (bicyclic) bond motifs is 10. The molecule has 0 unspecified atom stereocenters. The van der Waals surface area contributed by atoms with Gasteiger partial charge in [0, 0.05) is 45.0 Å². The third kappa shape index (κ3) is 1.51. The van der Waals surface area contributed by atoms with Crippen LogP contribution < -0.4 is 0 Å². The minimum atomic E-state index is -0.0430. The summed E-state index contributed by atoms with van der Waals surface area (Å²) in [6.07, 6.45) is 3.95. The molecule has 5 aromatic rings. The minimum absolute atomic E-state index is 0.0430. The maximum absolute atomic E-state index is 4.48. The number of H-pyrrole nitrogens is 1. The van der Waals surface area contributed by atoms with E-state index in [2.05, 4.69) is 78.4 Å². The number of pyridine rings is 1. The van der Waals surface area contributed by atoms with Crippen molar-refractivity contribution < 1.29 is 0 Å². The van der Waals surface area contributed by atoms with Gasteiger partial charge >= 0.3 is 0 Å². The summed E-state index contributed by atoms with van der Waals surface area (Å²) in [5.74, 6) is 0. The van der Waals surface area contributed by atoms with Crippen molar-refractivity contribution in [1.29, 1.82) is 0 Å². The first-order chi connectivity index (χ1) is 12.7. The van der Waals surface area contributed by atoms with Gasteiger partial charge in [-0.1, -0.05) is 56.3 Å². The molecule has 124 valence electrons. The van der Waals surface area contributed by atoms with Gasteiger partial charge in [0.05, 0.1) is 5.52 Å². The molecule has 0 atom stereocenters. The van der Waals surface area contributed by atoms with Crippen molar-refractivity contribution in [2.45, 2.75) is 19.3 Å². The normalized spacial score (nSPS) is 14.8. The van der Waals surface area contributed by atoms with Gasteiger partial charge in [0.1, 0.15) is 0 Å². The quantitative estimate of drug-likeness (QED) is 0.360. The largest absolute Gasteiger partial charge is 0.354 e. The zero-order valence-electron chi connectivity index (χ0n) is 14.8. The van der Waals surface area contributed by atoms with Gasteiger partial charge in [-0.25, -0.2) is 0 Å². The third-order valence-electron chi connectivity index (χ3n) is 6.06. The first-order valence-corrected chi connectivity index (χ1v) is 9.08. The Morgan fingerprint density at radius 1 is 0.846 bits per heavy atom. The van der Waals surface area contributed by atoms with Gasteiger partial charge in [0.2, 0.25) is 0 Å². The van der Waals surface area contributed by atoms with Gasteiger partial charge in [-0.05, 0) is 34.2 Å². The number of para-hydroxylation sites is 1. The fraction of sp³-hybridized carbons (Fsp3) is 0.125. The minimum Gasteiger partial charge on any atom is -0.354 e. The second kappa shape index (κ2) is 4.53. The van der Waals surface area contributed by atoms with Crippen LogP contribution in [0.3, 0.4) is 0 Å². The Balaban J connectivity index is 1.99. The summed E-state index contributed by atoms with van der Waals surface area (Å²) in [7, 11) is 0. The van der Waals surface area contributed by atoms with Crippen molar-refractivity contribution in [2.75, 3.05) is 0 Å². The van der Waals surface area contributed by atoms with E-state index in [0.717, 1.165) is 0 Å². The van der Waals surface area contributed by atoms with Crippen molar-refractivity contribution in [1.82, 2.24) is 9.97 Å². The fourth-order valence-corrected chi connectivity index (χ4v) is 4.98. The Hall–Kier alpha value is -3.13. The van der Waals surface area contributed by atoms with Crippen molar-refractivity contribution in [3.05, 3.63) is 78.1 Å². The smallest absolute Gasteiger partial charge is 0.0554 e. The second-order valence-electron chi connectivity index (χ2n) is 7.76. The number of hydrogen-bond acceptors (Lipinski definition) is 1. The molecule has 2 nitrogen and oxygen atoms in total. The average molecular weight is 334 g/mol. The van der Waals surface area contributed by atoms with E-state index in [1.54, 1.807) is 0 Å². The molecule has 1 aliphatic carbocycles. The zero-order valence-corrected chi connectivity index (χ0v) is 14.8. The van der Waals surface area contributed by atoms with E-state index in [4.69, 9.17) is 0 Å². The van der Waals surface area contributed by atoms with Crippen LogP contribution in [0.1, 0.15) is 25.0 Å². The number of hydrogen-bond donors (Lipinski definition) is 1. The topological polar surface area (TPSA) is 28.7 Å². The maximum Gasteiger partial charge on any atom is 0.0554 e. The molecule has 0 amide bonds. The number of benzene rings is 3. The van der Waals surface area contributed by atoms with E-state index >= 15 is 0 Å². The predicted molar refractivity (Wildman–Crippen MR) is 109 cm³/mol. The number of nitrogens with one attached hydrogen (secondary N) is 1. The Kier molecular flexibility index (Phi) is 2.45. The van der Waals surface area contributed by atoms with Gasteiger partial charge in [0.25, 0.3) is 0 Å². The lowest BCUT2D eigenvalue weighted by atomic mass is 9.80. The second-order valence-corrected chi connectivity index (χ2v) is 7.76. The lowest BCUT2D eigenvalue weighted by molar-refractivity contribution is 0.666. The van der Waals surface area contributed by atoms with Crippen LogP contribution in [0.2, 0.25) is 0 Å². The summed E-state index contributed by atoms with van der Waals surface area (Å²) in [5, 5.41) is 5.14. The molecule has 2 aromatic heterocycles. The van der Waals surface area contributed by atoms with Gasteiger partial charge in [-0.15, -0.1) is 0 Å². The van der Waals surface area contributed by atoms with E-state index in [9.17, 15) is 0 Å². The molecule has 0 fully saturated rings. The van der Waals surface area contributed by atoms with Gasteiger partial charge < -0.3 is 4.98 Å². The summed E-state index contributed by atoms with van der Waals surface area (Å²) in [4.78, 5) is 8.21. The summed E-state index contributed by atoms with van der Waals surface area (Å²) < 4.78 is 0. The van der Waals surface area contributed by atoms with Crippen molar-refractivity contribution in [3.63, 3.8) is 0 Å². The highest BCUT2D eigenvalue weighted by Crippen LogP contribution is 2.54. The number of nitrogens with zero attached hydrogens (tertiary/aromatic N) is 1. The molecule has 1 N–H and O–H groups in total. The van der Waals surface area contributed by atoms with Crippen LogP contribution in [0.25, 0.3) is 43.7 Å². The van der Waals surface area contributed by atoms with Crippen molar-refractivity contribution in [3.8, 4) is 11.1 Å². The molecule has 6 rings (SSSR count). The van der Waals surface area contributed by atoms with Crippen LogP contribution in [0.5, 0.6) is 0 Å². The first kappa shape index (κ1) is 14.1. The number of aromatic amines is 1. The highest BCUT2D eigenvalue weighted by Gasteiger charge is 2.38. The first-order valence-electron chi connectivity index (χ1n) is 9.08. The lowest BCUT2D eigenvalue weighted by Gasteiger charge is -2.23. The average Bonchev–Trinajstić information content (AvgIpc) is 3.16. The summed E-state index contributed by atoms with van der Waals surface area (Å²) in [6, 6.07) is 19.6. The number of aromatic nitrogens is 2. The van der Waals surface area contributed by atoms with Crippen LogP contribution in [0.4, 0.5) is 0 Å². The Bertz CT molecular complexity index is 1360. The monoisotopic (exact) mass is 334 g/mol.